The predicted octanol–water partition coefficient (Wildman–Crippen LogP) is 3.78. The summed E-state index contributed by atoms with van der Waals surface area (Å²) >= 11 is 1.40. The lowest BCUT2D eigenvalue weighted by atomic mass is 10.2. The number of benzene rings is 2. The second kappa shape index (κ2) is 8.75. The molecule has 1 aliphatic rings. The second-order valence-corrected chi connectivity index (χ2v) is 10.4. The molecule has 1 fully saturated rings. The Labute approximate surface area is 180 Å². The topological polar surface area (TPSA) is 75.7 Å². The molecule has 0 radical (unpaired) electrons. The number of nitrogens with one attached hydrogen (secondary N) is 1. The van der Waals surface area contributed by atoms with E-state index in [0.29, 0.717) is 17.1 Å². The number of carbonyl (C=O) groups is 1. The molecule has 1 aliphatic heterocycles. The van der Waals surface area contributed by atoms with Gasteiger partial charge in [0.05, 0.1) is 29.5 Å². The minimum Gasteiger partial charge on any atom is -0.376 e. The molecule has 0 unspecified atom stereocenters. The third-order valence-corrected chi connectivity index (χ3v) is 7.35. The van der Waals surface area contributed by atoms with Crippen LogP contribution in [0.3, 0.4) is 0 Å². The molecule has 1 amide bonds. The van der Waals surface area contributed by atoms with E-state index >= 15 is 0 Å². The SMILES string of the molecule is CS(=O)(=O)N(Cc1ccccc1)c1ccc2sc(C(=O)NC[C@@H]3CCCO3)cc2c1. The van der Waals surface area contributed by atoms with E-state index in [1.165, 1.54) is 21.9 Å². The third kappa shape index (κ3) is 4.83. The van der Waals surface area contributed by atoms with Crippen LogP contribution in [0.25, 0.3) is 10.1 Å². The van der Waals surface area contributed by atoms with Crippen molar-refractivity contribution in [2.24, 2.45) is 0 Å². The van der Waals surface area contributed by atoms with Crippen LogP contribution >= 0.6 is 11.3 Å². The normalized spacial score (nSPS) is 16.6. The van der Waals surface area contributed by atoms with E-state index in [9.17, 15) is 13.2 Å². The molecule has 0 saturated carbocycles. The minimum absolute atomic E-state index is 0.0937. The van der Waals surface area contributed by atoms with Crippen LogP contribution < -0.4 is 9.62 Å². The summed E-state index contributed by atoms with van der Waals surface area (Å²) in [6.45, 7) is 1.52. The number of ether oxygens (including phenoxy) is 1. The number of rotatable bonds is 7. The summed E-state index contributed by atoms with van der Waals surface area (Å²) in [5, 5.41) is 3.78. The Balaban J connectivity index is 1.56. The number of fused-ring (bicyclic) bond motifs is 1. The highest BCUT2D eigenvalue weighted by molar-refractivity contribution is 7.92. The molecule has 0 spiro atoms. The van der Waals surface area contributed by atoms with Gasteiger partial charge in [0.2, 0.25) is 10.0 Å². The fourth-order valence-corrected chi connectivity index (χ4v) is 5.39. The summed E-state index contributed by atoms with van der Waals surface area (Å²) in [5.41, 5.74) is 1.49. The first-order valence-corrected chi connectivity index (χ1v) is 12.5. The van der Waals surface area contributed by atoms with Crippen molar-refractivity contribution in [1.82, 2.24) is 5.32 Å². The molecule has 6 nitrogen and oxygen atoms in total. The molecular weight excluding hydrogens is 420 g/mol. The van der Waals surface area contributed by atoms with Gasteiger partial charge in [-0.1, -0.05) is 30.3 Å². The Morgan fingerprint density at radius 1 is 1.20 bits per heavy atom. The van der Waals surface area contributed by atoms with E-state index in [1.807, 2.05) is 48.5 Å². The number of sulfonamides is 1. The van der Waals surface area contributed by atoms with Gasteiger partial charge in [-0.25, -0.2) is 8.42 Å². The lowest BCUT2D eigenvalue weighted by Crippen LogP contribution is -2.31. The summed E-state index contributed by atoms with van der Waals surface area (Å²) < 4.78 is 32.8. The maximum atomic E-state index is 12.5. The quantitative estimate of drug-likeness (QED) is 0.602. The Morgan fingerprint density at radius 2 is 2.00 bits per heavy atom. The van der Waals surface area contributed by atoms with Crippen molar-refractivity contribution in [3.05, 3.63) is 65.0 Å². The van der Waals surface area contributed by atoms with Gasteiger partial charge in [-0.2, -0.15) is 0 Å². The Morgan fingerprint density at radius 3 is 2.70 bits per heavy atom. The number of carbonyl (C=O) groups excluding carboxylic acids is 1. The first-order chi connectivity index (χ1) is 14.4. The maximum absolute atomic E-state index is 12.5. The molecule has 0 aliphatic carbocycles. The number of hydrogen-bond acceptors (Lipinski definition) is 5. The van der Waals surface area contributed by atoms with Gasteiger partial charge in [0.1, 0.15) is 0 Å². The van der Waals surface area contributed by atoms with Gasteiger partial charge >= 0.3 is 0 Å². The molecule has 2 aromatic carbocycles. The van der Waals surface area contributed by atoms with Gasteiger partial charge in [-0.3, -0.25) is 9.10 Å². The maximum Gasteiger partial charge on any atom is 0.261 e. The first-order valence-electron chi connectivity index (χ1n) is 9.85. The van der Waals surface area contributed by atoms with E-state index in [-0.39, 0.29) is 18.6 Å². The number of amides is 1. The van der Waals surface area contributed by atoms with Gasteiger partial charge in [0.15, 0.2) is 0 Å². The van der Waals surface area contributed by atoms with Crippen LogP contribution in [-0.2, 0) is 21.3 Å². The van der Waals surface area contributed by atoms with Gasteiger partial charge in [0.25, 0.3) is 5.91 Å². The van der Waals surface area contributed by atoms with E-state index in [4.69, 9.17) is 4.74 Å². The van der Waals surface area contributed by atoms with Crippen molar-refractivity contribution in [1.29, 1.82) is 0 Å². The molecule has 0 bridgehead atoms. The van der Waals surface area contributed by atoms with Gasteiger partial charge in [-0.05, 0) is 48.1 Å². The minimum atomic E-state index is -3.47. The third-order valence-electron chi connectivity index (χ3n) is 5.10. The van der Waals surface area contributed by atoms with Crippen molar-refractivity contribution in [3.8, 4) is 0 Å². The predicted molar refractivity (Wildman–Crippen MR) is 121 cm³/mol. The summed E-state index contributed by atoms with van der Waals surface area (Å²) in [6.07, 6.45) is 3.30. The highest BCUT2D eigenvalue weighted by Crippen LogP contribution is 2.31. The highest BCUT2D eigenvalue weighted by atomic mass is 32.2. The van der Waals surface area contributed by atoms with Gasteiger partial charge in [-0.15, -0.1) is 11.3 Å². The zero-order valence-electron chi connectivity index (χ0n) is 16.7. The standard InChI is InChI=1S/C22H24N2O4S2/c1-30(26,27)24(15-16-6-3-2-4-7-16)18-9-10-20-17(12-18)13-21(29-20)22(25)23-14-19-8-5-11-28-19/h2-4,6-7,9-10,12-13,19H,5,8,11,14-15H2,1H3,(H,23,25)/t19-/m0/s1. The smallest absolute Gasteiger partial charge is 0.261 e. The van der Waals surface area contributed by atoms with Crippen LogP contribution in [-0.4, -0.2) is 39.8 Å². The zero-order valence-corrected chi connectivity index (χ0v) is 18.3. The van der Waals surface area contributed by atoms with Crippen LogP contribution in [0.2, 0.25) is 0 Å². The summed E-state index contributed by atoms with van der Waals surface area (Å²) in [6, 6.07) is 16.8. The Hall–Kier alpha value is -2.42. The van der Waals surface area contributed by atoms with Crippen molar-refractivity contribution >= 4 is 43.0 Å². The molecular formula is C22H24N2O4S2. The van der Waals surface area contributed by atoms with Crippen molar-refractivity contribution in [3.63, 3.8) is 0 Å². The van der Waals surface area contributed by atoms with Crippen LogP contribution in [0.4, 0.5) is 5.69 Å². The van der Waals surface area contributed by atoms with Crippen molar-refractivity contribution in [2.45, 2.75) is 25.5 Å². The van der Waals surface area contributed by atoms with E-state index < -0.39 is 10.0 Å². The lowest BCUT2D eigenvalue weighted by molar-refractivity contribution is 0.0861. The number of anilines is 1. The molecule has 158 valence electrons. The monoisotopic (exact) mass is 444 g/mol. The average molecular weight is 445 g/mol. The van der Waals surface area contributed by atoms with Gasteiger partial charge in [0, 0.05) is 17.9 Å². The molecule has 3 aromatic rings. The average Bonchev–Trinajstić information content (AvgIpc) is 3.39. The van der Waals surface area contributed by atoms with Crippen molar-refractivity contribution in [2.75, 3.05) is 23.7 Å². The summed E-state index contributed by atoms with van der Waals surface area (Å²) in [5.74, 6) is -0.127. The molecule has 2 heterocycles. The number of thiophene rings is 1. The Kier molecular flexibility index (Phi) is 6.08. The molecule has 4 rings (SSSR count). The molecule has 1 N–H and O–H groups in total. The fraction of sp³-hybridized carbons (Fsp3) is 0.318. The molecule has 8 heteroatoms. The number of hydrogen-bond donors (Lipinski definition) is 1. The summed E-state index contributed by atoms with van der Waals surface area (Å²) in [4.78, 5) is 13.1. The largest absolute Gasteiger partial charge is 0.376 e. The van der Waals surface area contributed by atoms with Crippen LogP contribution in [0.5, 0.6) is 0 Å². The van der Waals surface area contributed by atoms with Gasteiger partial charge < -0.3 is 10.1 Å². The molecule has 30 heavy (non-hydrogen) atoms. The van der Waals surface area contributed by atoms with E-state index in [2.05, 4.69) is 5.32 Å². The second-order valence-electron chi connectivity index (χ2n) is 7.43. The molecule has 1 atom stereocenters. The van der Waals surface area contributed by atoms with Crippen LogP contribution in [0, 0.1) is 0 Å². The van der Waals surface area contributed by atoms with Crippen LogP contribution in [0.1, 0.15) is 28.1 Å². The first kappa shape index (κ1) is 20.8. The Bertz CT molecular complexity index is 1140. The lowest BCUT2D eigenvalue weighted by Gasteiger charge is -2.22. The van der Waals surface area contributed by atoms with E-state index in [1.54, 1.807) is 6.07 Å². The summed E-state index contributed by atoms with van der Waals surface area (Å²) in [7, 11) is -3.47. The number of nitrogens with zero attached hydrogens (tertiary/aromatic N) is 1. The molecule has 1 aromatic heterocycles. The zero-order chi connectivity index (χ0) is 21.1. The molecule has 1 saturated heterocycles. The fourth-order valence-electron chi connectivity index (χ4n) is 3.55. The highest BCUT2D eigenvalue weighted by Gasteiger charge is 2.20. The van der Waals surface area contributed by atoms with Crippen molar-refractivity contribution < 1.29 is 17.9 Å². The van der Waals surface area contributed by atoms with Crippen LogP contribution in [0.15, 0.2) is 54.6 Å². The van der Waals surface area contributed by atoms with E-state index in [0.717, 1.165) is 35.1 Å².